The van der Waals surface area contributed by atoms with Crippen LogP contribution in [0, 0.1) is 0 Å². The Bertz CT molecular complexity index is 1150. The van der Waals surface area contributed by atoms with E-state index < -0.39 is 51.1 Å². The number of carboxylic acids is 1. The monoisotopic (exact) mass is 781 g/mol. The predicted molar refractivity (Wildman–Crippen MR) is 217 cm³/mol. The molecule has 0 aromatic heterocycles. The van der Waals surface area contributed by atoms with Crippen molar-refractivity contribution >= 4 is 25.7 Å². The maximum Gasteiger partial charge on any atom is 0.472 e. The number of phosphoric ester groups is 1. The first kappa shape index (κ1) is 51.2. The van der Waals surface area contributed by atoms with Crippen molar-refractivity contribution in [2.75, 3.05) is 19.8 Å². The van der Waals surface area contributed by atoms with Gasteiger partial charge in [0.25, 0.3) is 0 Å². The molecule has 0 radical (unpaired) electrons. The van der Waals surface area contributed by atoms with Gasteiger partial charge < -0.3 is 25.2 Å². The van der Waals surface area contributed by atoms with Gasteiger partial charge in [-0.05, 0) is 77.0 Å². The van der Waals surface area contributed by atoms with Gasteiger partial charge in [0.1, 0.15) is 12.6 Å². The average molecular weight is 782 g/mol. The Hall–Kier alpha value is -2.82. The van der Waals surface area contributed by atoms with E-state index in [0.717, 1.165) is 77.0 Å². The van der Waals surface area contributed by atoms with Gasteiger partial charge in [0.2, 0.25) is 0 Å². The molecule has 1 unspecified atom stereocenters. The summed E-state index contributed by atoms with van der Waals surface area (Å²) in [5.74, 6) is -2.44. The highest BCUT2D eigenvalue weighted by Gasteiger charge is 2.28. The van der Waals surface area contributed by atoms with Crippen LogP contribution in [0.3, 0.4) is 0 Å². The van der Waals surface area contributed by atoms with Gasteiger partial charge in [0.15, 0.2) is 6.10 Å². The van der Waals surface area contributed by atoms with Crippen LogP contribution >= 0.6 is 7.82 Å². The third-order valence-electron chi connectivity index (χ3n) is 8.24. The first-order chi connectivity index (χ1) is 26.1. The van der Waals surface area contributed by atoms with Crippen molar-refractivity contribution in [1.29, 1.82) is 0 Å². The number of unbranched alkanes of at least 4 members (excludes halogenated alkanes) is 13. The normalized spacial score (nSPS) is 14.4. The molecule has 0 heterocycles. The molecule has 0 bridgehead atoms. The van der Waals surface area contributed by atoms with Crippen LogP contribution in [0.2, 0.25) is 0 Å². The smallest absolute Gasteiger partial charge is 0.472 e. The fourth-order valence-corrected chi connectivity index (χ4v) is 5.75. The maximum absolute atomic E-state index is 12.6. The number of carboxylic acid groups (broad SMARTS) is 1. The van der Waals surface area contributed by atoms with Crippen LogP contribution in [-0.2, 0) is 37.5 Å². The molecule has 4 N–H and O–H groups in total. The molecule has 3 atom stereocenters. The molecule has 11 nitrogen and oxygen atoms in total. The summed E-state index contributed by atoms with van der Waals surface area (Å²) >= 11 is 0. The van der Waals surface area contributed by atoms with E-state index in [0.29, 0.717) is 12.8 Å². The number of allylic oxidation sites excluding steroid dienone is 10. The summed E-state index contributed by atoms with van der Waals surface area (Å²) in [7, 11) is -4.72. The van der Waals surface area contributed by atoms with E-state index in [4.69, 9.17) is 24.8 Å². The third kappa shape index (κ3) is 36.2. The van der Waals surface area contributed by atoms with Crippen molar-refractivity contribution in [3.05, 3.63) is 60.8 Å². The second-order valence-electron chi connectivity index (χ2n) is 13.4. The molecule has 0 rings (SSSR count). The molecule has 54 heavy (non-hydrogen) atoms. The van der Waals surface area contributed by atoms with Crippen LogP contribution in [0.25, 0.3) is 0 Å². The number of nitrogens with two attached hydrogens (primary N) is 1. The molecule has 0 spiro atoms. The molecule has 0 aromatic carbocycles. The van der Waals surface area contributed by atoms with Gasteiger partial charge in [0.05, 0.1) is 13.2 Å². The third-order valence-corrected chi connectivity index (χ3v) is 9.19. The molecule has 0 saturated heterocycles. The number of hydrogen-bond donors (Lipinski definition) is 3. The van der Waals surface area contributed by atoms with E-state index in [1.165, 1.54) is 38.5 Å². The molecular formula is C42H72NO10P. The molecule has 0 aromatic rings. The molecule has 12 heteroatoms. The van der Waals surface area contributed by atoms with Gasteiger partial charge in [0, 0.05) is 12.8 Å². The maximum atomic E-state index is 12.6. The van der Waals surface area contributed by atoms with Crippen LogP contribution in [0.15, 0.2) is 60.8 Å². The van der Waals surface area contributed by atoms with Crippen molar-refractivity contribution in [3.63, 3.8) is 0 Å². The quantitative estimate of drug-likeness (QED) is 0.0237. The topological polar surface area (TPSA) is 172 Å². The Kier molecular flexibility index (Phi) is 35.2. The largest absolute Gasteiger partial charge is 0.480 e. The summed E-state index contributed by atoms with van der Waals surface area (Å²) in [6, 6.07) is -1.53. The Morgan fingerprint density at radius 1 is 0.574 bits per heavy atom. The number of hydrogen-bond acceptors (Lipinski definition) is 9. The summed E-state index contributed by atoms with van der Waals surface area (Å²) in [6.07, 6.45) is 41.5. The fraction of sp³-hybridized carbons (Fsp3) is 0.690. The zero-order chi connectivity index (χ0) is 40.0. The van der Waals surface area contributed by atoms with E-state index >= 15 is 0 Å². The van der Waals surface area contributed by atoms with Crippen molar-refractivity contribution in [3.8, 4) is 0 Å². The van der Waals surface area contributed by atoms with Crippen LogP contribution < -0.4 is 5.73 Å². The van der Waals surface area contributed by atoms with Crippen LogP contribution in [0.1, 0.15) is 155 Å². The minimum absolute atomic E-state index is 0.119. The molecule has 0 aliphatic heterocycles. The first-order valence-corrected chi connectivity index (χ1v) is 21.8. The second-order valence-corrected chi connectivity index (χ2v) is 14.9. The summed E-state index contributed by atoms with van der Waals surface area (Å²) in [4.78, 5) is 45.8. The van der Waals surface area contributed by atoms with Gasteiger partial charge in [-0.2, -0.15) is 0 Å². The Balaban J connectivity index is 4.48. The van der Waals surface area contributed by atoms with Gasteiger partial charge in [-0.25, -0.2) is 4.57 Å². The lowest BCUT2D eigenvalue weighted by atomic mass is 10.1. The standard InChI is InChI=1S/C42H72NO10P/c1-3-5-7-9-11-13-15-16-17-18-19-20-21-22-24-26-28-30-32-34-41(45)53-38(36-51-54(48,49)52-37-39(43)42(46)47)35-50-40(44)33-31-29-27-25-23-14-12-10-8-6-4-2/h10-13,16-17,19-20,22,24,38-39H,3-9,14-15,18,21,23,25-37,43H2,1-2H3,(H,46,47)(H,48,49)/b12-10+,13-11+,17-16+,20-19+,24-22+/t38-,39-/m0/s1. The molecular weight excluding hydrogens is 709 g/mol. The first-order valence-electron chi connectivity index (χ1n) is 20.3. The Labute approximate surface area is 326 Å². The van der Waals surface area contributed by atoms with Crippen molar-refractivity contribution < 1.29 is 47.5 Å². The lowest BCUT2D eigenvalue weighted by Gasteiger charge is -2.20. The number of rotatable bonds is 37. The van der Waals surface area contributed by atoms with Crippen molar-refractivity contribution in [2.24, 2.45) is 5.73 Å². The highest BCUT2D eigenvalue weighted by atomic mass is 31.2. The zero-order valence-corrected chi connectivity index (χ0v) is 34.2. The number of carbonyl (C=O) groups excluding carboxylic acids is 2. The van der Waals surface area contributed by atoms with Gasteiger partial charge in [-0.15, -0.1) is 0 Å². The summed E-state index contributed by atoms with van der Waals surface area (Å²) in [5.41, 5.74) is 5.32. The second kappa shape index (κ2) is 37.1. The lowest BCUT2D eigenvalue weighted by molar-refractivity contribution is -0.161. The Morgan fingerprint density at radius 3 is 1.56 bits per heavy atom. The average Bonchev–Trinajstić information content (AvgIpc) is 3.14. The molecule has 0 aliphatic carbocycles. The lowest BCUT2D eigenvalue weighted by Crippen LogP contribution is -2.34. The van der Waals surface area contributed by atoms with E-state index in [-0.39, 0.29) is 19.4 Å². The van der Waals surface area contributed by atoms with Crippen LogP contribution in [0.5, 0.6) is 0 Å². The number of ether oxygens (including phenoxy) is 2. The Morgan fingerprint density at radius 2 is 1.00 bits per heavy atom. The van der Waals surface area contributed by atoms with E-state index in [2.05, 4.69) is 79.1 Å². The van der Waals surface area contributed by atoms with Crippen molar-refractivity contribution in [2.45, 2.75) is 167 Å². The SMILES string of the molecule is CCCC/C=C/CCCCCCCC(=O)OC[C@@H](COP(=O)(O)OC[C@H](N)C(=O)O)OC(=O)CCCCC/C=C/C/C=C/C/C=C/C/C=C/CCCCC. The summed E-state index contributed by atoms with van der Waals surface area (Å²) < 4.78 is 32.6. The molecule has 0 aliphatic rings. The number of esters is 2. The van der Waals surface area contributed by atoms with Crippen LogP contribution in [0.4, 0.5) is 0 Å². The number of aliphatic carboxylic acids is 1. The van der Waals surface area contributed by atoms with Crippen LogP contribution in [-0.4, -0.2) is 59.9 Å². The van der Waals surface area contributed by atoms with Gasteiger partial charge >= 0.3 is 25.7 Å². The minimum Gasteiger partial charge on any atom is -0.480 e. The summed E-state index contributed by atoms with van der Waals surface area (Å²) in [5, 5.41) is 8.87. The number of carbonyl (C=O) groups is 3. The molecule has 0 fully saturated rings. The van der Waals surface area contributed by atoms with Gasteiger partial charge in [-0.3, -0.25) is 23.4 Å². The fourth-order valence-electron chi connectivity index (χ4n) is 4.97. The highest BCUT2D eigenvalue weighted by Crippen LogP contribution is 2.43. The summed E-state index contributed by atoms with van der Waals surface area (Å²) in [6.45, 7) is 2.67. The molecule has 0 saturated carbocycles. The zero-order valence-electron chi connectivity index (χ0n) is 33.3. The molecule has 0 amide bonds. The van der Waals surface area contributed by atoms with E-state index in [1.807, 2.05) is 0 Å². The van der Waals surface area contributed by atoms with E-state index in [9.17, 15) is 23.8 Å². The van der Waals surface area contributed by atoms with Gasteiger partial charge in [-0.1, -0.05) is 126 Å². The van der Waals surface area contributed by atoms with Crippen molar-refractivity contribution in [1.82, 2.24) is 0 Å². The highest BCUT2D eigenvalue weighted by molar-refractivity contribution is 7.47. The number of phosphoric acid groups is 1. The molecule has 310 valence electrons. The van der Waals surface area contributed by atoms with E-state index in [1.54, 1.807) is 0 Å². The minimum atomic E-state index is -4.72. The predicted octanol–water partition coefficient (Wildman–Crippen LogP) is 10.4.